The standard InChI is InChI=1S/C17H23BrN2O/c1-4-8-19-11-14-5-6-16(10-17(14)18)20(3)12-15-7-9-21-13(15)2/h5-7,9-10,19H,4,8,11-12H2,1-3H3. The molecule has 0 aliphatic rings. The fourth-order valence-corrected chi connectivity index (χ4v) is 2.75. The molecule has 114 valence electrons. The van der Waals surface area contributed by atoms with Crippen LogP contribution < -0.4 is 10.2 Å². The van der Waals surface area contributed by atoms with E-state index in [9.17, 15) is 0 Å². The Morgan fingerprint density at radius 3 is 2.67 bits per heavy atom. The summed E-state index contributed by atoms with van der Waals surface area (Å²) in [6, 6.07) is 8.56. The number of nitrogens with one attached hydrogen (secondary N) is 1. The summed E-state index contributed by atoms with van der Waals surface area (Å²) in [5, 5.41) is 3.43. The fourth-order valence-electron chi connectivity index (χ4n) is 2.24. The lowest BCUT2D eigenvalue weighted by atomic mass is 10.1. The molecule has 0 aliphatic carbocycles. The molecule has 1 heterocycles. The van der Waals surface area contributed by atoms with Gasteiger partial charge in [0.2, 0.25) is 0 Å². The Morgan fingerprint density at radius 1 is 1.24 bits per heavy atom. The predicted octanol–water partition coefficient (Wildman–Crippen LogP) is 4.49. The first kappa shape index (κ1) is 16.1. The van der Waals surface area contributed by atoms with Crippen molar-refractivity contribution in [1.82, 2.24) is 5.32 Å². The van der Waals surface area contributed by atoms with Gasteiger partial charge in [-0.2, -0.15) is 0 Å². The van der Waals surface area contributed by atoms with Gasteiger partial charge < -0.3 is 14.6 Å². The normalized spacial score (nSPS) is 10.9. The van der Waals surface area contributed by atoms with Gasteiger partial charge >= 0.3 is 0 Å². The topological polar surface area (TPSA) is 28.4 Å². The van der Waals surface area contributed by atoms with Crippen LogP contribution in [-0.2, 0) is 13.1 Å². The van der Waals surface area contributed by atoms with Crippen LogP contribution in [0.5, 0.6) is 0 Å². The summed E-state index contributed by atoms with van der Waals surface area (Å²) in [4.78, 5) is 2.23. The van der Waals surface area contributed by atoms with Crippen LogP contribution in [0.1, 0.15) is 30.2 Å². The van der Waals surface area contributed by atoms with Gasteiger partial charge in [0.25, 0.3) is 0 Å². The van der Waals surface area contributed by atoms with Crippen molar-refractivity contribution in [2.24, 2.45) is 0 Å². The first-order valence-corrected chi connectivity index (χ1v) is 8.14. The molecule has 0 amide bonds. The molecule has 0 spiro atoms. The maximum absolute atomic E-state index is 5.35. The van der Waals surface area contributed by atoms with E-state index < -0.39 is 0 Å². The summed E-state index contributed by atoms with van der Waals surface area (Å²) >= 11 is 3.67. The van der Waals surface area contributed by atoms with Crippen LogP contribution in [0.2, 0.25) is 0 Å². The molecule has 0 radical (unpaired) electrons. The molecular weight excluding hydrogens is 328 g/mol. The minimum Gasteiger partial charge on any atom is -0.469 e. The summed E-state index contributed by atoms with van der Waals surface area (Å²) in [5.41, 5.74) is 3.71. The number of nitrogens with zero attached hydrogens (tertiary/aromatic N) is 1. The lowest BCUT2D eigenvalue weighted by Gasteiger charge is -2.20. The summed E-state index contributed by atoms with van der Waals surface area (Å²) in [6.07, 6.45) is 2.90. The Kier molecular flexibility index (Phi) is 5.88. The molecule has 1 aromatic heterocycles. The van der Waals surface area contributed by atoms with Crippen molar-refractivity contribution in [3.63, 3.8) is 0 Å². The van der Waals surface area contributed by atoms with Crippen molar-refractivity contribution in [3.8, 4) is 0 Å². The van der Waals surface area contributed by atoms with Crippen molar-refractivity contribution in [1.29, 1.82) is 0 Å². The molecule has 2 rings (SSSR count). The Balaban J connectivity index is 2.03. The summed E-state index contributed by atoms with van der Waals surface area (Å²) < 4.78 is 6.51. The highest BCUT2D eigenvalue weighted by Gasteiger charge is 2.08. The number of anilines is 1. The van der Waals surface area contributed by atoms with Crippen molar-refractivity contribution in [2.75, 3.05) is 18.5 Å². The van der Waals surface area contributed by atoms with Gasteiger partial charge in [0.15, 0.2) is 0 Å². The van der Waals surface area contributed by atoms with Gasteiger partial charge in [-0.05, 0) is 43.7 Å². The molecule has 0 saturated heterocycles. The molecule has 0 aliphatic heterocycles. The SMILES string of the molecule is CCCNCc1ccc(N(C)Cc2ccoc2C)cc1Br. The summed E-state index contributed by atoms with van der Waals surface area (Å²) in [7, 11) is 2.10. The number of furan rings is 1. The van der Waals surface area contributed by atoms with E-state index >= 15 is 0 Å². The first-order chi connectivity index (χ1) is 10.1. The maximum atomic E-state index is 5.35. The largest absolute Gasteiger partial charge is 0.469 e. The van der Waals surface area contributed by atoms with E-state index in [2.05, 4.69) is 58.3 Å². The van der Waals surface area contributed by atoms with Gasteiger partial charge in [-0.25, -0.2) is 0 Å². The number of aryl methyl sites for hydroxylation is 1. The molecule has 0 bridgehead atoms. The van der Waals surface area contributed by atoms with Gasteiger partial charge in [-0.1, -0.05) is 28.9 Å². The second kappa shape index (κ2) is 7.66. The minimum absolute atomic E-state index is 0.849. The molecule has 0 atom stereocenters. The highest BCUT2D eigenvalue weighted by atomic mass is 79.9. The Hall–Kier alpha value is -1.26. The maximum Gasteiger partial charge on any atom is 0.105 e. The third-order valence-corrected chi connectivity index (χ3v) is 4.33. The lowest BCUT2D eigenvalue weighted by Crippen LogP contribution is -2.17. The highest BCUT2D eigenvalue weighted by Crippen LogP contribution is 2.25. The zero-order valence-electron chi connectivity index (χ0n) is 12.9. The molecule has 1 N–H and O–H groups in total. The fraction of sp³-hybridized carbons (Fsp3) is 0.412. The number of rotatable bonds is 7. The van der Waals surface area contributed by atoms with Crippen LogP contribution in [0.4, 0.5) is 5.69 Å². The Morgan fingerprint density at radius 2 is 2.05 bits per heavy atom. The molecule has 3 nitrogen and oxygen atoms in total. The van der Waals surface area contributed by atoms with Crippen LogP contribution in [-0.4, -0.2) is 13.6 Å². The van der Waals surface area contributed by atoms with E-state index in [1.807, 2.05) is 13.0 Å². The Labute approximate surface area is 135 Å². The third-order valence-electron chi connectivity index (χ3n) is 3.59. The first-order valence-electron chi connectivity index (χ1n) is 7.35. The second-order valence-electron chi connectivity index (χ2n) is 5.31. The molecule has 1 aromatic carbocycles. The van der Waals surface area contributed by atoms with Crippen molar-refractivity contribution >= 4 is 21.6 Å². The van der Waals surface area contributed by atoms with Crippen molar-refractivity contribution in [3.05, 3.63) is 51.9 Å². The van der Waals surface area contributed by atoms with Crippen molar-refractivity contribution in [2.45, 2.75) is 33.4 Å². The zero-order chi connectivity index (χ0) is 15.2. The van der Waals surface area contributed by atoms with Crippen LogP contribution in [0.3, 0.4) is 0 Å². The average molecular weight is 351 g/mol. The number of halogens is 1. The summed E-state index contributed by atoms with van der Waals surface area (Å²) in [6.45, 7) is 6.98. The molecule has 4 heteroatoms. The average Bonchev–Trinajstić information content (AvgIpc) is 2.86. The third kappa shape index (κ3) is 4.35. The number of hydrogen-bond acceptors (Lipinski definition) is 3. The quantitative estimate of drug-likeness (QED) is 0.746. The minimum atomic E-state index is 0.849. The van der Waals surface area contributed by atoms with Gasteiger partial charge in [-0.15, -0.1) is 0 Å². The predicted molar refractivity (Wildman–Crippen MR) is 91.7 cm³/mol. The molecular formula is C17H23BrN2O. The van der Waals surface area contributed by atoms with Gasteiger partial charge in [0, 0.05) is 35.9 Å². The van der Waals surface area contributed by atoms with Gasteiger partial charge in [0.1, 0.15) is 5.76 Å². The van der Waals surface area contributed by atoms with Gasteiger partial charge in [0.05, 0.1) is 6.26 Å². The van der Waals surface area contributed by atoms with E-state index in [0.717, 1.165) is 36.3 Å². The van der Waals surface area contributed by atoms with Crippen LogP contribution in [0.15, 0.2) is 39.4 Å². The molecule has 2 aromatic rings. The second-order valence-corrected chi connectivity index (χ2v) is 6.16. The monoisotopic (exact) mass is 350 g/mol. The summed E-state index contributed by atoms with van der Waals surface area (Å²) in [5.74, 6) is 0.987. The van der Waals surface area contributed by atoms with Crippen molar-refractivity contribution < 1.29 is 4.42 Å². The highest BCUT2D eigenvalue weighted by molar-refractivity contribution is 9.10. The number of hydrogen-bond donors (Lipinski definition) is 1. The smallest absolute Gasteiger partial charge is 0.105 e. The molecule has 21 heavy (non-hydrogen) atoms. The van der Waals surface area contributed by atoms with E-state index in [1.54, 1.807) is 6.26 Å². The van der Waals surface area contributed by atoms with E-state index in [-0.39, 0.29) is 0 Å². The van der Waals surface area contributed by atoms with E-state index in [4.69, 9.17) is 4.42 Å². The Bertz CT molecular complexity index is 580. The van der Waals surface area contributed by atoms with Gasteiger partial charge in [-0.3, -0.25) is 0 Å². The van der Waals surface area contributed by atoms with E-state index in [0.29, 0.717) is 0 Å². The van der Waals surface area contributed by atoms with Crippen LogP contribution >= 0.6 is 15.9 Å². The van der Waals surface area contributed by atoms with Crippen LogP contribution in [0, 0.1) is 6.92 Å². The number of benzene rings is 1. The molecule has 0 fully saturated rings. The molecule has 0 unspecified atom stereocenters. The van der Waals surface area contributed by atoms with Crippen LogP contribution in [0.25, 0.3) is 0 Å². The lowest BCUT2D eigenvalue weighted by molar-refractivity contribution is 0.529. The zero-order valence-corrected chi connectivity index (χ0v) is 14.5. The molecule has 0 saturated carbocycles. The van der Waals surface area contributed by atoms with E-state index in [1.165, 1.54) is 16.8 Å².